The molecule has 2 aromatic heterocycles. The molecular formula is C16H16ClN5O. The van der Waals surface area contributed by atoms with Crippen molar-refractivity contribution in [3.05, 3.63) is 64.1 Å². The van der Waals surface area contributed by atoms with E-state index in [1.54, 1.807) is 10.7 Å². The SMILES string of the molecule is Cc1cc(NC(=O)c2cc(C)[nH]n2)n(Cc2ccccc2Cl)n1. The minimum atomic E-state index is -0.283. The molecule has 0 aliphatic carbocycles. The Labute approximate surface area is 138 Å². The number of H-pyrrole nitrogens is 1. The molecule has 3 aromatic rings. The second kappa shape index (κ2) is 6.26. The number of aromatic amines is 1. The van der Waals surface area contributed by atoms with Gasteiger partial charge in [0.25, 0.3) is 5.91 Å². The van der Waals surface area contributed by atoms with Gasteiger partial charge < -0.3 is 5.32 Å². The van der Waals surface area contributed by atoms with Crippen molar-refractivity contribution < 1.29 is 4.79 Å². The number of hydrogen-bond donors (Lipinski definition) is 2. The van der Waals surface area contributed by atoms with Crippen molar-refractivity contribution in [1.82, 2.24) is 20.0 Å². The fourth-order valence-corrected chi connectivity index (χ4v) is 2.46. The first-order chi connectivity index (χ1) is 11.0. The molecule has 118 valence electrons. The second-order valence-corrected chi connectivity index (χ2v) is 5.72. The van der Waals surface area contributed by atoms with E-state index in [2.05, 4.69) is 20.6 Å². The number of aromatic nitrogens is 4. The molecule has 0 atom stereocenters. The standard InChI is InChI=1S/C16H16ClN5O/c1-10-7-14(20-19-10)16(23)18-15-8-11(2)21-22(15)9-12-5-3-4-6-13(12)17/h3-8H,9H2,1-2H3,(H,18,23)(H,19,20). The summed E-state index contributed by atoms with van der Waals surface area (Å²) < 4.78 is 1.72. The average molecular weight is 330 g/mol. The first kappa shape index (κ1) is 15.3. The molecule has 0 radical (unpaired) electrons. The summed E-state index contributed by atoms with van der Waals surface area (Å²) in [7, 11) is 0. The number of carbonyl (C=O) groups excluding carboxylic acids is 1. The van der Waals surface area contributed by atoms with Gasteiger partial charge in [0, 0.05) is 16.8 Å². The number of halogens is 1. The molecule has 2 N–H and O–H groups in total. The first-order valence-electron chi connectivity index (χ1n) is 7.14. The Morgan fingerprint density at radius 1 is 1.30 bits per heavy atom. The normalized spacial score (nSPS) is 10.7. The van der Waals surface area contributed by atoms with Crippen LogP contribution in [0.1, 0.15) is 27.4 Å². The zero-order valence-corrected chi connectivity index (χ0v) is 13.6. The van der Waals surface area contributed by atoms with Gasteiger partial charge in [0.15, 0.2) is 5.69 Å². The van der Waals surface area contributed by atoms with Gasteiger partial charge in [-0.3, -0.25) is 9.89 Å². The van der Waals surface area contributed by atoms with Crippen LogP contribution in [-0.2, 0) is 6.54 Å². The summed E-state index contributed by atoms with van der Waals surface area (Å²) in [5, 5.41) is 14.6. The lowest BCUT2D eigenvalue weighted by atomic mass is 10.2. The summed E-state index contributed by atoms with van der Waals surface area (Å²) >= 11 is 6.20. The van der Waals surface area contributed by atoms with Crippen LogP contribution >= 0.6 is 11.6 Å². The highest BCUT2D eigenvalue weighted by Crippen LogP contribution is 2.19. The Hall–Kier alpha value is -2.60. The van der Waals surface area contributed by atoms with Crippen LogP contribution in [0.4, 0.5) is 5.82 Å². The van der Waals surface area contributed by atoms with E-state index in [-0.39, 0.29) is 5.91 Å². The van der Waals surface area contributed by atoms with Crippen molar-refractivity contribution in [2.75, 3.05) is 5.32 Å². The summed E-state index contributed by atoms with van der Waals surface area (Å²) in [4.78, 5) is 12.2. The highest BCUT2D eigenvalue weighted by atomic mass is 35.5. The number of carbonyl (C=O) groups is 1. The van der Waals surface area contributed by atoms with E-state index in [9.17, 15) is 4.79 Å². The lowest BCUT2D eigenvalue weighted by Gasteiger charge is -2.09. The van der Waals surface area contributed by atoms with E-state index >= 15 is 0 Å². The van der Waals surface area contributed by atoms with Gasteiger partial charge in [-0.05, 0) is 31.5 Å². The van der Waals surface area contributed by atoms with Crippen LogP contribution in [0.5, 0.6) is 0 Å². The van der Waals surface area contributed by atoms with Gasteiger partial charge in [0.05, 0.1) is 12.2 Å². The van der Waals surface area contributed by atoms with E-state index in [0.29, 0.717) is 23.1 Å². The molecule has 0 bridgehead atoms. The largest absolute Gasteiger partial charge is 0.305 e. The minimum Gasteiger partial charge on any atom is -0.305 e. The molecule has 0 saturated carbocycles. The van der Waals surface area contributed by atoms with E-state index in [1.807, 2.05) is 44.2 Å². The minimum absolute atomic E-state index is 0.283. The topological polar surface area (TPSA) is 75.6 Å². The summed E-state index contributed by atoms with van der Waals surface area (Å²) in [6.07, 6.45) is 0. The highest BCUT2D eigenvalue weighted by molar-refractivity contribution is 6.31. The smallest absolute Gasteiger partial charge is 0.277 e. The molecule has 6 nitrogen and oxygen atoms in total. The summed E-state index contributed by atoms with van der Waals surface area (Å²) in [5.41, 5.74) is 2.91. The monoisotopic (exact) mass is 329 g/mol. The molecule has 2 heterocycles. The third kappa shape index (κ3) is 3.43. The highest BCUT2D eigenvalue weighted by Gasteiger charge is 2.14. The summed E-state index contributed by atoms with van der Waals surface area (Å²) in [6.45, 7) is 4.19. The van der Waals surface area contributed by atoms with E-state index in [4.69, 9.17) is 11.6 Å². The number of nitrogens with one attached hydrogen (secondary N) is 2. The van der Waals surface area contributed by atoms with Gasteiger partial charge in [0.2, 0.25) is 0 Å². The van der Waals surface area contributed by atoms with Crippen molar-refractivity contribution >= 4 is 23.3 Å². The summed E-state index contributed by atoms with van der Waals surface area (Å²) in [6, 6.07) is 11.1. The predicted molar refractivity (Wildman–Crippen MR) is 88.8 cm³/mol. The maximum Gasteiger partial charge on any atom is 0.277 e. The van der Waals surface area contributed by atoms with Gasteiger partial charge >= 0.3 is 0 Å². The van der Waals surface area contributed by atoms with E-state index in [1.165, 1.54) is 0 Å². The first-order valence-corrected chi connectivity index (χ1v) is 7.52. The number of hydrogen-bond acceptors (Lipinski definition) is 3. The number of anilines is 1. The fourth-order valence-electron chi connectivity index (χ4n) is 2.27. The van der Waals surface area contributed by atoms with Crippen LogP contribution in [-0.4, -0.2) is 25.9 Å². The number of rotatable bonds is 4. The quantitative estimate of drug-likeness (QED) is 0.772. The van der Waals surface area contributed by atoms with Crippen LogP contribution in [0.2, 0.25) is 5.02 Å². The third-order valence-corrected chi connectivity index (χ3v) is 3.73. The molecule has 0 fully saturated rings. The molecule has 7 heteroatoms. The molecule has 1 amide bonds. The molecule has 0 aliphatic rings. The van der Waals surface area contributed by atoms with Gasteiger partial charge in [-0.2, -0.15) is 10.2 Å². The fraction of sp³-hybridized carbons (Fsp3) is 0.188. The van der Waals surface area contributed by atoms with Crippen LogP contribution in [0.25, 0.3) is 0 Å². The number of nitrogens with zero attached hydrogens (tertiary/aromatic N) is 3. The number of amides is 1. The van der Waals surface area contributed by atoms with E-state index < -0.39 is 0 Å². The summed E-state index contributed by atoms with van der Waals surface area (Å²) in [5.74, 6) is 0.322. The zero-order chi connectivity index (χ0) is 16.4. The Balaban J connectivity index is 1.83. The van der Waals surface area contributed by atoms with E-state index in [0.717, 1.165) is 17.0 Å². The Kier molecular flexibility index (Phi) is 4.16. The van der Waals surface area contributed by atoms with Crippen molar-refractivity contribution in [1.29, 1.82) is 0 Å². The lowest BCUT2D eigenvalue weighted by molar-refractivity contribution is 0.102. The Morgan fingerprint density at radius 2 is 2.09 bits per heavy atom. The zero-order valence-electron chi connectivity index (χ0n) is 12.8. The molecule has 0 saturated heterocycles. The Morgan fingerprint density at radius 3 is 2.78 bits per heavy atom. The van der Waals surface area contributed by atoms with Crippen LogP contribution in [0.15, 0.2) is 36.4 Å². The second-order valence-electron chi connectivity index (χ2n) is 5.31. The molecule has 0 unspecified atom stereocenters. The average Bonchev–Trinajstić information content (AvgIpc) is 3.08. The van der Waals surface area contributed by atoms with Crippen molar-refractivity contribution in [3.8, 4) is 0 Å². The van der Waals surface area contributed by atoms with Gasteiger partial charge in [0.1, 0.15) is 5.82 Å². The maximum absolute atomic E-state index is 12.2. The predicted octanol–water partition coefficient (Wildman–Crippen LogP) is 3.18. The molecular weight excluding hydrogens is 314 g/mol. The third-order valence-electron chi connectivity index (χ3n) is 3.36. The number of aryl methyl sites for hydroxylation is 2. The van der Waals surface area contributed by atoms with Gasteiger partial charge in [-0.1, -0.05) is 29.8 Å². The lowest BCUT2D eigenvalue weighted by Crippen LogP contribution is -2.16. The molecule has 23 heavy (non-hydrogen) atoms. The van der Waals surface area contributed by atoms with Gasteiger partial charge in [-0.25, -0.2) is 4.68 Å². The Bertz CT molecular complexity index is 852. The molecule has 0 aliphatic heterocycles. The molecule has 0 spiro atoms. The molecule has 3 rings (SSSR count). The van der Waals surface area contributed by atoms with Gasteiger partial charge in [-0.15, -0.1) is 0 Å². The van der Waals surface area contributed by atoms with Crippen LogP contribution in [0, 0.1) is 13.8 Å². The maximum atomic E-state index is 12.2. The van der Waals surface area contributed by atoms with Crippen LogP contribution in [0.3, 0.4) is 0 Å². The van der Waals surface area contributed by atoms with Crippen molar-refractivity contribution in [2.24, 2.45) is 0 Å². The molecule has 1 aromatic carbocycles. The van der Waals surface area contributed by atoms with Crippen molar-refractivity contribution in [2.45, 2.75) is 20.4 Å². The van der Waals surface area contributed by atoms with Crippen molar-refractivity contribution in [3.63, 3.8) is 0 Å². The number of benzene rings is 1. The van der Waals surface area contributed by atoms with Crippen LogP contribution < -0.4 is 5.32 Å².